The van der Waals surface area contributed by atoms with Gasteiger partial charge in [-0.25, -0.2) is 4.79 Å². The van der Waals surface area contributed by atoms with Crippen molar-refractivity contribution in [1.82, 2.24) is 0 Å². The van der Waals surface area contributed by atoms with Crippen molar-refractivity contribution in [2.24, 2.45) is 0 Å². The molecule has 10 heteroatoms. The first-order valence-corrected chi connectivity index (χ1v) is 10.1. The molecular formula is C23H15F3N2O4S. The average molecular weight is 472 g/mol. The lowest BCUT2D eigenvalue weighted by Gasteiger charge is -2.10. The van der Waals surface area contributed by atoms with Crippen LogP contribution in [0.5, 0.6) is 11.5 Å². The van der Waals surface area contributed by atoms with E-state index in [0.717, 1.165) is 18.2 Å². The van der Waals surface area contributed by atoms with Crippen LogP contribution < -0.4 is 14.8 Å². The lowest BCUT2D eigenvalue weighted by molar-refractivity contribution is -0.137. The van der Waals surface area contributed by atoms with Crippen LogP contribution in [-0.4, -0.2) is 19.0 Å². The summed E-state index contributed by atoms with van der Waals surface area (Å²) in [5.74, 6) is -1.13. The highest BCUT2D eigenvalue weighted by atomic mass is 32.1. The molecule has 1 amide bonds. The number of nitrogens with zero attached hydrogens (tertiary/aromatic N) is 1. The number of rotatable bonds is 6. The Hall–Kier alpha value is -4.10. The van der Waals surface area contributed by atoms with E-state index in [0.29, 0.717) is 10.4 Å². The number of alkyl halides is 3. The van der Waals surface area contributed by atoms with Crippen LogP contribution in [0.3, 0.4) is 0 Å². The van der Waals surface area contributed by atoms with E-state index in [4.69, 9.17) is 9.47 Å². The maximum atomic E-state index is 12.9. The first kappa shape index (κ1) is 23.6. The number of hydrogen-bond donors (Lipinski definition) is 1. The Balaban J connectivity index is 1.79. The molecule has 0 aliphatic heterocycles. The topological polar surface area (TPSA) is 88.4 Å². The Morgan fingerprint density at radius 3 is 2.52 bits per heavy atom. The van der Waals surface area contributed by atoms with Crippen molar-refractivity contribution in [3.8, 4) is 17.6 Å². The van der Waals surface area contributed by atoms with E-state index in [1.807, 2.05) is 0 Å². The summed E-state index contributed by atoms with van der Waals surface area (Å²) in [6, 6.07) is 13.5. The second-order valence-corrected chi connectivity index (χ2v) is 7.43. The number of methoxy groups -OCH3 is 1. The fourth-order valence-corrected chi connectivity index (χ4v) is 3.29. The van der Waals surface area contributed by atoms with E-state index in [1.54, 1.807) is 23.6 Å². The van der Waals surface area contributed by atoms with Gasteiger partial charge in [-0.05, 0) is 53.4 Å². The zero-order valence-electron chi connectivity index (χ0n) is 17.0. The van der Waals surface area contributed by atoms with Gasteiger partial charge in [0.1, 0.15) is 16.5 Å². The van der Waals surface area contributed by atoms with Crippen molar-refractivity contribution >= 4 is 35.0 Å². The Morgan fingerprint density at radius 1 is 1.09 bits per heavy atom. The van der Waals surface area contributed by atoms with Gasteiger partial charge in [-0.2, -0.15) is 18.4 Å². The van der Waals surface area contributed by atoms with Gasteiger partial charge in [0.15, 0.2) is 11.5 Å². The molecule has 33 heavy (non-hydrogen) atoms. The standard InChI is InChI=1S/C23H15F3N2O4S/c1-31-19-11-14(7-8-18(19)32-22(30)20-6-3-9-33-20)10-15(13-27)21(29)28-17-5-2-4-16(12-17)23(24,25)26/h2-12H,1H3,(H,28,29). The SMILES string of the molecule is COc1cc(C=C(C#N)C(=O)Nc2cccc(C(F)(F)F)c2)ccc1OC(=O)c1cccs1. The molecule has 2 aromatic carbocycles. The highest BCUT2D eigenvalue weighted by molar-refractivity contribution is 7.12. The fourth-order valence-electron chi connectivity index (χ4n) is 2.69. The highest BCUT2D eigenvalue weighted by Crippen LogP contribution is 2.32. The number of anilines is 1. The summed E-state index contributed by atoms with van der Waals surface area (Å²) in [7, 11) is 1.36. The molecule has 0 atom stereocenters. The van der Waals surface area contributed by atoms with Crippen LogP contribution in [0.4, 0.5) is 18.9 Å². The minimum Gasteiger partial charge on any atom is -0.493 e. The van der Waals surface area contributed by atoms with E-state index in [1.165, 1.54) is 48.8 Å². The minimum absolute atomic E-state index is 0.107. The van der Waals surface area contributed by atoms with Crippen molar-refractivity contribution in [2.45, 2.75) is 6.18 Å². The van der Waals surface area contributed by atoms with Crippen LogP contribution in [0, 0.1) is 11.3 Å². The van der Waals surface area contributed by atoms with Crippen molar-refractivity contribution in [1.29, 1.82) is 5.26 Å². The number of nitrogens with one attached hydrogen (secondary N) is 1. The molecule has 0 saturated carbocycles. The largest absolute Gasteiger partial charge is 0.493 e. The summed E-state index contributed by atoms with van der Waals surface area (Å²) in [5, 5.41) is 13.4. The number of carbonyl (C=O) groups excluding carboxylic acids is 2. The number of hydrogen-bond acceptors (Lipinski definition) is 6. The highest BCUT2D eigenvalue weighted by Gasteiger charge is 2.30. The average Bonchev–Trinajstić information content (AvgIpc) is 3.33. The molecule has 0 aliphatic carbocycles. The third-order valence-corrected chi connectivity index (χ3v) is 5.09. The van der Waals surface area contributed by atoms with Gasteiger partial charge in [0.05, 0.1) is 12.7 Å². The van der Waals surface area contributed by atoms with Crippen LogP contribution in [0.1, 0.15) is 20.8 Å². The molecule has 3 rings (SSSR count). The number of benzene rings is 2. The lowest BCUT2D eigenvalue weighted by atomic mass is 10.1. The van der Waals surface area contributed by atoms with Gasteiger partial charge in [-0.15, -0.1) is 11.3 Å². The summed E-state index contributed by atoms with van der Waals surface area (Å²) in [6.07, 6.45) is -3.34. The lowest BCUT2D eigenvalue weighted by Crippen LogP contribution is -2.14. The molecule has 1 heterocycles. The van der Waals surface area contributed by atoms with Gasteiger partial charge in [0.2, 0.25) is 0 Å². The quantitative estimate of drug-likeness (QED) is 0.220. The maximum absolute atomic E-state index is 12.9. The number of esters is 1. The molecule has 0 spiro atoms. The molecule has 0 aliphatic rings. The third kappa shape index (κ3) is 5.99. The predicted molar refractivity (Wildman–Crippen MR) is 116 cm³/mol. The molecule has 168 valence electrons. The first-order valence-electron chi connectivity index (χ1n) is 9.25. The second kappa shape index (κ2) is 10.0. The minimum atomic E-state index is -4.57. The van der Waals surface area contributed by atoms with E-state index in [2.05, 4.69) is 5.32 Å². The van der Waals surface area contributed by atoms with E-state index < -0.39 is 23.6 Å². The molecule has 6 nitrogen and oxygen atoms in total. The van der Waals surface area contributed by atoms with Crippen LogP contribution >= 0.6 is 11.3 Å². The fraction of sp³-hybridized carbons (Fsp3) is 0.0870. The van der Waals surface area contributed by atoms with Gasteiger partial charge in [0.25, 0.3) is 5.91 Å². The molecule has 0 saturated heterocycles. The Labute approximate surface area is 190 Å². The molecule has 3 aromatic rings. The smallest absolute Gasteiger partial charge is 0.416 e. The molecule has 0 fully saturated rings. The summed E-state index contributed by atoms with van der Waals surface area (Å²) in [6.45, 7) is 0. The zero-order valence-corrected chi connectivity index (χ0v) is 17.8. The van der Waals surface area contributed by atoms with Crippen LogP contribution in [0.25, 0.3) is 6.08 Å². The number of nitriles is 1. The van der Waals surface area contributed by atoms with Crippen LogP contribution in [-0.2, 0) is 11.0 Å². The number of amides is 1. The van der Waals surface area contributed by atoms with Gasteiger partial charge >= 0.3 is 12.1 Å². The van der Waals surface area contributed by atoms with Crippen molar-refractivity contribution in [3.05, 3.63) is 81.6 Å². The number of halogens is 3. The monoisotopic (exact) mass is 472 g/mol. The summed E-state index contributed by atoms with van der Waals surface area (Å²) in [4.78, 5) is 25.0. The molecule has 1 aromatic heterocycles. The normalized spacial score (nSPS) is 11.4. The molecule has 0 radical (unpaired) electrons. The predicted octanol–water partition coefficient (Wildman–Crippen LogP) is 5.54. The van der Waals surface area contributed by atoms with Gasteiger partial charge in [-0.1, -0.05) is 18.2 Å². The van der Waals surface area contributed by atoms with Gasteiger partial charge < -0.3 is 14.8 Å². The van der Waals surface area contributed by atoms with Crippen molar-refractivity contribution in [2.75, 3.05) is 12.4 Å². The Morgan fingerprint density at radius 2 is 1.88 bits per heavy atom. The third-order valence-electron chi connectivity index (χ3n) is 4.24. The van der Waals surface area contributed by atoms with E-state index in [9.17, 15) is 28.0 Å². The van der Waals surface area contributed by atoms with Crippen molar-refractivity contribution < 1.29 is 32.2 Å². The molecular weight excluding hydrogens is 457 g/mol. The summed E-state index contributed by atoms with van der Waals surface area (Å²) >= 11 is 1.22. The van der Waals surface area contributed by atoms with E-state index >= 15 is 0 Å². The Bertz CT molecular complexity index is 1250. The zero-order chi connectivity index (χ0) is 24.0. The van der Waals surface area contributed by atoms with Crippen LogP contribution in [0.15, 0.2) is 65.6 Å². The molecule has 0 unspecified atom stereocenters. The summed E-state index contributed by atoms with van der Waals surface area (Å²) < 4.78 is 49.1. The number of thiophene rings is 1. The molecule has 0 bridgehead atoms. The molecule has 1 N–H and O–H groups in total. The number of carbonyl (C=O) groups is 2. The van der Waals surface area contributed by atoms with Crippen LogP contribution in [0.2, 0.25) is 0 Å². The number of ether oxygens (including phenoxy) is 2. The second-order valence-electron chi connectivity index (χ2n) is 6.48. The summed E-state index contributed by atoms with van der Waals surface area (Å²) in [5.41, 5.74) is -1.01. The van der Waals surface area contributed by atoms with Crippen molar-refractivity contribution in [3.63, 3.8) is 0 Å². The first-order chi connectivity index (χ1) is 15.7. The van der Waals surface area contributed by atoms with Gasteiger partial charge in [-0.3, -0.25) is 4.79 Å². The Kier molecular flexibility index (Phi) is 7.15. The van der Waals surface area contributed by atoms with E-state index in [-0.39, 0.29) is 22.8 Å². The maximum Gasteiger partial charge on any atom is 0.416 e. The van der Waals surface area contributed by atoms with Gasteiger partial charge in [0, 0.05) is 5.69 Å².